The van der Waals surface area contributed by atoms with Crippen molar-refractivity contribution in [2.75, 3.05) is 11.9 Å². The van der Waals surface area contributed by atoms with Crippen LogP contribution in [0.25, 0.3) is 0 Å². The summed E-state index contributed by atoms with van der Waals surface area (Å²) in [4.78, 5) is 0. The molecule has 1 heterocycles. The minimum absolute atomic E-state index is 0.290. The minimum atomic E-state index is -0.687. The number of anilines is 1. The summed E-state index contributed by atoms with van der Waals surface area (Å²) in [7, 11) is 0. The Bertz CT molecular complexity index is 1590. The van der Waals surface area contributed by atoms with Gasteiger partial charge in [0.25, 0.3) is 0 Å². The molecule has 1 aliphatic rings. The fraction of sp³-hybridized carbons (Fsp3) is 0.250. The zero-order valence-electron chi connectivity index (χ0n) is 26.2. The summed E-state index contributed by atoms with van der Waals surface area (Å²) in [5.74, 6) is 0. The molecule has 242 valence electrons. The number of ether oxygens (including phenoxy) is 5. The molecule has 0 aliphatic carbocycles. The number of hydrogen-bond donors (Lipinski definition) is 1. The summed E-state index contributed by atoms with van der Waals surface area (Å²) < 4.78 is 33.2. The van der Waals surface area contributed by atoms with E-state index in [4.69, 9.17) is 35.3 Å². The maximum atomic E-state index is 6.83. The highest BCUT2D eigenvalue weighted by molar-refractivity contribution is 6.30. The van der Waals surface area contributed by atoms with Crippen molar-refractivity contribution >= 4 is 17.3 Å². The molecule has 5 aromatic carbocycles. The molecule has 6 rings (SSSR count). The van der Waals surface area contributed by atoms with E-state index in [0.717, 1.165) is 27.9 Å². The predicted molar refractivity (Wildman–Crippen MR) is 185 cm³/mol. The van der Waals surface area contributed by atoms with E-state index in [1.54, 1.807) is 0 Å². The molecule has 0 radical (unpaired) electrons. The van der Waals surface area contributed by atoms with Gasteiger partial charge in [-0.05, 0) is 46.5 Å². The lowest BCUT2D eigenvalue weighted by Crippen LogP contribution is -2.63. The van der Waals surface area contributed by atoms with Crippen LogP contribution in [0.2, 0.25) is 5.02 Å². The van der Waals surface area contributed by atoms with Gasteiger partial charge < -0.3 is 29.0 Å². The predicted octanol–water partition coefficient (Wildman–Crippen LogP) is 8.45. The van der Waals surface area contributed by atoms with E-state index in [1.807, 2.05) is 109 Å². The third kappa shape index (κ3) is 9.75. The van der Waals surface area contributed by atoms with Crippen LogP contribution in [-0.2, 0) is 50.1 Å². The molecule has 0 bridgehead atoms. The first-order valence-corrected chi connectivity index (χ1v) is 16.3. The van der Waals surface area contributed by atoms with Gasteiger partial charge in [0.1, 0.15) is 24.4 Å². The Morgan fingerprint density at radius 3 is 1.47 bits per heavy atom. The maximum Gasteiger partial charge on any atom is 0.181 e. The summed E-state index contributed by atoms with van der Waals surface area (Å²) in [6, 6.07) is 47.7. The number of hydrogen-bond acceptors (Lipinski definition) is 6. The Morgan fingerprint density at radius 1 is 0.511 bits per heavy atom. The lowest BCUT2D eigenvalue weighted by atomic mass is 9.95. The Morgan fingerprint density at radius 2 is 0.957 bits per heavy atom. The molecule has 47 heavy (non-hydrogen) atoms. The quantitative estimate of drug-likeness (QED) is 0.123. The Kier molecular flexibility index (Phi) is 12.1. The van der Waals surface area contributed by atoms with E-state index < -0.39 is 30.6 Å². The van der Waals surface area contributed by atoms with Crippen molar-refractivity contribution in [1.29, 1.82) is 0 Å². The standard InChI is InChI=1S/C40H40ClNO5/c41-34-21-23-35(24-22-34)42-37-39(45-27-32-17-9-3-10-18-32)38(44-26-31-15-7-2-8-16-31)36(29-43-25-30-13-5-1-6-14-30)47-40(37)46-28-33-19-11-4-12-20-33/h1-24,36-40,42H,25-29H2/t36-,37-,38-,39-,40-/m1/s1. The third-order valence-electron chi connectivity index (χ3n) is 8.05. The van der Waals surface area contributed by atoms with Crippen molar-refractivity contribution in [3.05, 3.63) is 173 Å². The van der Waals surface area contributed by atoms with E-state index in [9.17, 15) is 0 Å². The second-order valence-corrected chi connectivity index (χ2v) is 12.0. The summed E-state index contributed by atoms with van der Waals surface area (Å²) in [6.07, 6.45) is -2.13. The molecule has 0 saturated carbocycles. The van der Waals surface area contributed by atoms with Crippen molar-refractivity contribution in [3.8, 4) is 0 Å². The summed E-state index contributed by atoms with van der Waals surface area (Å²) in [5, 5.41) is 4.31. The van der Waals surface area contributed by atoms with Crippen LogP contribution in [0.15, 0.2) is 146 Å². The third-order valence-corrected chi connectivity index (χ3v) is 8.30. The van der Waals surface area contributed by atoms with E-state index in [0.29, 0.717) is 38.1 Å². The molecular formula is C40H40ClNO5. The molecule has 0 spiro atoms. The van der Waals surface area contributed by atoms with Gasteiger partial charge in [0.15, 0.2) is 6.29 Å². The molecule has 1 aliphatic heterocycles. The Balaban J connectivity index is 1.32. The van der Waals surface area contributed by atoms with Gasteiger partial charge in [-0.3, -0.25) is 0 Å². The van der Waals surface area contributed by atoms with Crippen LogP contribution in [0.4, 0.5) is 5.69 Å². The van der Waals surface area contributed by atoms with Gasteiger partial charge in [0.05, 0.1) is 33.0 Å². The highest BCUT2D eigenvalue weighted by Crippen LogP contribution is 2.32. The monoisotopic (exact) mass is 649 g/mol. The summed E-state index contributed by atoms with van der Waals surface area (Å²) in [6.45, 7) is 1.88. The second-order valence-electron chi connectivity index (χ2n) is 11.5. The first-order chi connectivity index (χ1) is 23.2. The molecular weight excluding hydrogens is 610 g/mol. The van der Waals surface area contributed by atoms with Gasteiger partial charge >= 0.3 is 0 Å². The van der Waals surface area contributed by atoms with Crippen molar-refractivity contribution in [2.24, 2.45) is 0 Å². The van der Waals surface area contributed by atoms with Crippen molar-refractivity contribution in [2.45, 2.75) is 57.1 Å². The fourth-order valence-corrected chi connectivity index (χ4v) is 5.75. The molecule has 6 nitrogen and oxygen atoms in total. The fourth-order valence-electron chi connectivity index (χ4n) is 5.62. The second kappa shape index (κ2) is 17.2. The van der Waals surface area contributed by atoms with Crippen LogP contribution < -0.4 is 5.32 Å². The molecule has 1 fully saturated rings. The zero-order chi connectivity index (χ0) is 32.1. The Labute approximate surface area is 282 Å². The highest BCUT2D eigenvalue weighted by atomic mass is 35.5. The molecule has 0 aromatic heterocycles. The van der Waals surface area contributed by atoms with E-state index in [-0.39, 0.29) is 0 Å². The van der Waals surface area contributed by atoms with Crippen LogP contribution in [0.5, 0.6) is 0 Å². The van der Waals surface area contributed by atoms with Gasteiger partial charge in [-0.1, -0.05) is 133 Å². The van der Waals surface area contributed by atoms with Gasteiger partial charge in [-0.2, -0.15) is 0 Å². The van der Waals surface area contributed by atoms with E-state index >= 15 is 0 Å². The van der Waals surface area contributed by atoms with Gasteiger partial charge in [-0.15, -0.1) is 0 Å². The normalized spacial score (nSPS) is 20.9. The van der Waals surface area contributed by atoms with Crippen LogP contribution in [0.1, 0.15) is 22.3 Å². The number of benzene rings is 5. The minimum Gasteiger partial charge on any atom is -0.375 e. The number of rotatable bonds is 15. The number of halogens is 1. The lowest BCUT2D eigenvalue weighted by molar-refractivity contribution is -0.286. The van der Waals surface area contributed by atoms with E-state index in [1.165, 1.54) is 0 Å². The van der Waals surface area contributed by atoms with Gasteiger partial charge in [0, 0.05) is 10.7 Å². The van der Waals surface area contributed by atoms with E-state index in [2.05, 4.69) is 41.7 Å². The topological polar surface area (TPSA) is 58.2 Å². The van der Waals surface area contributed by atoms with Crippen LogP contribution >= 0.6 is 11.6 Å². The average molecular weight is 650 g/mol. The summed E-state index contributed by atoms with van der Waals surface area (Å²) in [5.41, 5.74) is 5.11. The molecule has 0 unspecified atom stereocenters. The first kappa shape index (κ1) is 32.9. The maximum absolute atomic E-state index is 6.83. The smallest absolute Gasteiger partial charge is 0.181 e. The van der Waals surface area contributed by atoms with Crippen LogP contribution in [0, 0.1) is 0 Å². The molecule has 5 aromatic rings. The first-order valence-electron chi connectivity index (χ1n) is 16.0. The Hall–Kier alpha value is -4.01. The van der Waals surface area contributed by atoms with Gasteiger partial charge in [-0.25, -0.2) is 0 Å². The molecule has 5 atom stereocenters. The van der Waals surface area contributed by atoms with Crippen molar-refractivity contribution in [3.63, 3.8) is 0 Å². The largest absolute Gasteiger partial charge is 0.375 e. The van der Waals surface area contributed by atoms with Crippen molar-refractivity contribution in [1.82, 2.24) is 0 Å². The molecule has 0 amide bonds. The van der Waals surface area contributed by atoms with Crippen LogP contribution in [0.3, 0.4) is 0 Å². The zero-order valence-corrected chi connectivity index (χ0v) is 27.0. The summed E-state index contributed by atoms with van der Waals surface area (Å²) >= 11 is 6.25. The lowest BCUT2D eigenvalue weighted by Gasteiger charge is -2.46. The van der Waals surface area contributed by atoms with Gasteiger partial charge in [0.2, 0.25) is 0 Å². The molecule has 7 heteroatoms. The number of nitrogens with one attached hydrogen (secondary N) is 1. The van der Waals surface area contributed by atoms with Crippen LogP contribution in [-0.4, -0.2) is 37.3 Å². The van der Waals surface area contributed by atoms with Crippen molar-refractivity contribution < 1.29 is 23.7 Å². The molecule has 1 saturated heterocycles. The molecule has 1 N–H and O–H groups in total. The SMILES string of the molecule is Clc1ccc(N[C@H]2[C@H](OCc3ccccc3)O[C@H](COCc3ccccc3)[C@@H](OCc3ccccc3)[C@@H]2OCc2ccccc2)cc1. The average Bonchev–Trinajstić information content (AvgIpc) is 3.12. The highest BCUT2D eigenvalue weighted by Gasteiger charge is 2.48.